The molecule has 0 spiro atoms. The quantitative estimate of drug-likeness (QED) is 0.291. The number of hydrogen-bond acceptors (Lipinski definition) is 5. The van der Waals surface area contributed by atoms with Crippen LogP contribution in [0.4, 0.5) is 10.1 Å². The maximum absolute atomic E-state index is 14.7. The van der Waals surface area contributed by atoms with Gasteiger partial charge in [-0.25, -0.2) is 0 Å². The Morgan fingerprint density at radius 2 is 1.71 bits per heavy atom. The van der Waals surface area contributed by atoms with Crippen LogP contribution in [-0.4, -0.2) is 56.3 Å². The molecule has 1 amide bonds. The standard InChI is InChI=1S/C23H16FN2OS2.C2H4O2.Na/c1-28-19-11-9-15(10-12-19)16-7-8-17(20(24)13-16)14-21-22(27)26-23(29-21)25-18-5-3-2-4-6-18;1-2(3)4;/h3-14H,1H3,(H,25,26,27);1H3,(H,3,4);. The van der Waals surface area contributed by atoms with Gasteiger partial charge in [-0.1, -0.05) is 12.1 Å². The Morgan fingerprint density at radius 1 is 1.09 bits per heavy atom. The van der Waals surface area contributed by atoms with Crippen LogP contribution in [0, 0.1) is 5.82 Å². The number of carbonyl (C=O) groups is 2. The van der Waals surface area contributed by atoms with Crippen molar-refractivity contribution in [3.05, 3.63) is 83.0 Å². The summed E-state index contributed by atoms with van der Waals surface area (Å²) in [5.74, 6) is -1.57. The molecule has 1 aliphatic heterocycles. The topological polar surface area (TPSA) is 78.8 Å². The van der Waals surface area contributed by atoms with Gasteiger partial charge in [0, 0.05) is 11.8 Å². The van der Waals surface area contributed by atoms with E-state index in [0.717, 1.165) is 56.6 Å². The van der Waals surface area contributed by atoms with Gasteiger partial charge in [-0.15, -0.1) is 11.8 Å². The van der Waals surface area contributed by atoms with E-state index in [2.05, 4.69) is 10.3 Å². The van der Waals surface area contributed by atoms with Crippen LogP contribution in [-0.2, 0) is 9.59 Å². The Balaban J connectivity index is 0.000000751. The molecule has 9 heteroatoms. The summed E-state index contributed by atoms with van der Waals surface area (Å²) < 4.78 is 16.0. The normalized spacial score (nSPS) is 13.9. The number of thioether (sulfide) groups is 2. The summed E-state index contributed by atoms with van der Waals surface area (Å²) in [6.45, 7) is 1.08. The molecule has 0 fully saturated rings. The summed E-state index contributed by atoms with van der Waals surface area (Å²) in [6, 6.07) is 21.1. The van der Waals surface area contributed by atoms with Crippen molar-refractivity contribution in [2.45, 2.75) is 11.8 Å². The molecule has 3 aromatic rings. The summed E-state index contributed by atoms with van der Waals surface area (Å²) in [5.41, 5.74) is 2.99. The average molecular weight is 503 g/mol. The molecule has 0 aliphatic carbocycles. The molecular weight excluding hydrogens is 482 g/mol. The molecular formula is C25H20FN2NaO3S2. The van der Waals surface area contributed by atoms with E-state index in [4.69, 9.17) is 9.90 Å². The van der Waals surface area contributed by atoms with E-state index in [1.807, 2.05) is 60.9 Å². The van der Waals surface area contributed by atoms with Gasteiger partial charge in [-0.2, -0.15) is 0 Å². The van der Waals surface area contributed by atoms with Gasteiger partial charge in [0.25, 0.3) is 5.97 Å². The minimum absolute atomic E-state index is 0.363. The Morgan fingerprint density at radius 3 is 2.29 bits per heavy atom. The smallest absolute Gasteiger partial charge is 0.0533 e. The monoisotopic (exact) mass is 502 g/mol. The first-order chi connectivity index (χ1) is 16.2. The SMILES string of the molecule is CC(=O)O.CSc1ccc(-c2ccc(C=C3SC(Nc4cc[c]([Na])cc4)=NC3=O)c(F)c2)cc1. The number of carboxylic acids is 1. The van der Waals surface area contributed by atoms with Gasteiger partial charge in [0.1, 0.15) is 0 Å². The summed E-state index contributed by atoms with van der Waals surface area (Å²) in [4.78, 5) is 26.9. The molecule has 34 heavy (non-hydrogen) atoms. The fraction of sp³-hybridized carbons (Fsp3) is 0.0800. The van der Waals surface area contributed by atoms with Crippen LogP contribution in [0.2, 0.25) is 0 Å². The minimum atomic E-state index is -0.833. The van der Waals surface area contributed by atoms with Crippen molar-refractivity contribution >= 4 is 83.1 Å². The summed E-state index contributed by atoms with van der Waals surface area (Å²) in [5, 5.41) is 11.1. The number of nitrogens with one attached hydrogen (secondary N) is 1. The second-order valence-electron chi connectivity index (χ2n) is 7.31. The molecule has 3 aromatic carbocycles. The van der Waals surface area contributed by atoms with Gasteiger partial charge < -0.3 is 5.11 Å². The second-order valence-corrected chi connectivity index (χ2v) is 10.4. The van der Waals surface area contributed by atoms with Crippen molar-refractivity contribution in [3.63, 3.8) is 0 Å². The number of nitrogens with zero attached hydrogens (tertiary/aromatic N) is 1. The molecule has 0 atom stereocenters. The van der Waals surface area contributed by atoms with Crippen molar-refractivity contribution in [2.75, 3.05) is 11.6 Å². The molecule has 168 valence electrons. The van der Waals surface area contributed by atoms with Gasteiger partial charge in [-0.3, -0.25) is 4.79 Å². The molecule has 5 nitrogen and oxygen atoms in total. The molecule has 0 unspecified atom stereocenters. The third-order valence-corrected chi connectivity index (χ3v) is 6.94. The van der Waals surface area contributed by atoms with E-state index < -0.39 is 5.97 Å². The van der Waals surface area contributed by atoms with Gasteiger partial charge in [0.15, 0.2) is 0 Å². The zero-order valence-electron chi connectivity index (χ0n) is 18.8. The summed E-state index contributed by atoms with van der Waals surface area (Å²) >= 11 is 3.87. The van der Waals surface area contributed by atoms with Crippen molar-refractivity contribution in [1.82, 2.24) is 0 Å². The molecule has 0 bridgehead atoms. The number of amides is 1. The number of aliphatic imine (C=N–C) groups is 1. The summed E-state index contributed by atoms with van der Waals surface area (Å²) in [7, 11) is 0. The number of aliphatic carboxylic acids is 1. The number of rotatable bonds is 4. The number of amidine groups is 1. The molecule has 1 heterocycles. The number of carbonyl (C=O) groups excluding carboxylic acids is 1. The number of carboxylic acid groups (broad SMARTS) is 1. The van der Waals surface area contributed by atoms with Gasteiger partial charge in [0.05, 0.1) is 0 Å². The van der Waals surface area contributed by atoms with Crippen molar-refractivity contribution in [3.8, 4) is 11.1 Å². The molecule has 0 saturated heterocycles. The third-order valence-electron chi connectivity index (χ3n) is 4.63. The van der Waals surface area contributed by atoms with Gasteiger partial charge in [0.2, 0.25) is 0 Å². The van der Waals surface area contributed by atoms with Crippen LogP contribution < -0.4 is 8.13 Å². The van der Waals surface area contributed by atoms with E-state index in [1.54, 1.807) is 23.9 Å². The summed E-state index contributed by atoms with van der Waals surface area (Å²) in [6.07, 6.45) is 3.58. The number of anilines is 1. The van der Waals surface area contributed by atoms with E-state index in [9.17, 15) is 9.18 Å². The van der Waals surface area contributed by atoms with Crippen molar-refractivity contribution in [1.29, 1.82) is 0 Å². The first-order valence-electron chi connectivity index (χ1n) is 10.2. The Hall–Kier alpha value is -2.36. The zero-order chi connectivity index (χ0) is 24.7. The Kier molecular flexibility index (Phi) is 9.55. The first kappa shape index (κ1) is 26.2. The average Bonchev–Trinajstić information content (AvgIpc) is 3.15. The molecule has 2 N–H and O–H groups in total. The van der Waals surface area contributed by atoms with Gasteiger partial charge >= 0.3 is 144 Å². The Bertz CT molecular complexity index is 1260. The van der Waals surface area contributed by atoms with Crippen LogP contribution in [0.5, 0.6) is 0 Å². The number of hydrogen-bond donors (Lipinski definition) is 2. The third kappa shape index (κ3) is 7.58. The molecule has 0 radical (unpaired) electrons. The Labute approximate surface area is 223 Å². The maximum atomic E-state index is 14.7. The molecule has 4 rings (SSSR count). The minimum Gasteiger partial charge on any atom is -0.0533 e. The van der Waals surface area contributed by atoms with Crippen LogP contribution in [0.25, 0.3) is 17.2 Å². The van der Waals surface area contributed by atoms with Crippen molar-refractivity contribution < 1.29 is 19.1 Å². The molecule has 1 aliphatic rings. The molecule has 0 saturated carbocycles. The van der Waals surface area contributed by atoms with Crippen LogP contribution >= 0.6 is 23.5 Å². The number of halogens is 1. The van der Waals surface area contributed by atoms with Crippen LogP contribution in [0.1, 0.15) is 12.5 Å². The zero-order valence-corrected chi connectivity index (χ0v) is 22.5. The van der Waals surface area contributed by atoms with E-state index in [0.29, 0.717) is 15.6 Å². The van der Waals surface area contributed by atoms with Crippen LogP contribution in [0.15, 0.2) is 81.5 Å². The molecule has 0 aromatic heterocycles. The fourth-order valence-electron chi connectivity index (χ4n) is 2.97. The predicted octanol–water partition coefficient (Wildman–Crippen LogP) is 5.18. The van der Waals surface area contributed by atoms with E-state index in [-0.39, 0.29) is 11.7 Å². The second kappa shape index (κ2) is 12.4. The van der Waals surface area contributed by atoms with E-state index in [1.165, 1.54) is 20.6 Å². The number of benzene rings is 3. The predicted molar refractivity (Wildman–Crippen MR) is 140 cm³/mol. The van der Waals surface area contributed by atoms with Crippen molar-refractivity contribution in [2.24, 2.45) is 4.99 Å². The first-order valence-corrected chi connectivity index (χ1v) is 13.3. The fourth-order valence-corrected chi connectivity index (χ4v) is 4.54. The van der Waals surface area contributed by atoms with Gasteiger partial charge in [-0.05, 0) is 29.5 Å². The van der Waals surface area contributed by atoms with Crippen LogP contribution in [0.3, 0.4) is 0 Å². The van der Waals surface area contributed by atoms with E-state index >= 15 is 0 Å².